The Morgan fingerprint density at radius 1 is 1.36 bits per heavy atom. The SMILES string of the molecule is CCOc1ccc(C(C)NC(=O)/C(C#N)=C/c2cc(C)n(C3CC3)c2C)cc1. The van der Waals surface area contributed by atoms with E-state index >= 15 is 0 Å². The van der Waals surface area contributed by atoms with Crippen LogP contribution in [0.3, 0.4) is 0 Å². The molecule has 0 spiro atoms. The highest BCUT2D eigenvalue weighted by molar-refractivity contribution is 6.02. The predicted molar refractivity (Wildman–Crippen MR) is 110 cm³/mol. The van der Waals surface area contributed by atoms with E-state index in [0.29, 0.717) is 12.6 Å². The summed E-state index contributed by atoms with van der Waals surface area (Å²) in [5, 5.41) is 12.4. The Labute approximate surface area is 166 Å². The first-order valence-corrected chi connectivity index (χ1v) is 9.78. The second kappa shape index (κ2) is 8.35. The second-order valence-electron chi connectivity index (χ2n) is 7.29. The number of aromatic nitrogens is 1. The third-order valence-corrected chi connectivity index (χ3v) is 5.14. The van der Waals surface area contributed by atoms with Crippen LogP contribution in [0.2, 0.25) is 0 Å². The summed E-state index contributed by atoms with van der Waals surface area (Å²) < 4.78 is 7.75. The van der Waals surface area contributed by atoms with Gasteiger partial charge in [-0.2, -0.15) is 5.26 Å². The number of nitrogens with zero attached hydrogens (tertiary/aromatic N) is 2. The lowest BCUT2D eigenvalue weighted by molar-refractivity contribution is -0.117. The third kappa shape index (κ3) is 4.28. The maximum atomic E-state index is 12.6. The number of carbonyl (C=O) groups is 1. The van der Waals surface area contributed by atoms with Crippen molar-refractivity contribution in [1.29, 1.82) is 5.26 Å². The Bertz CT molecular complexity index is 928. The third-order valence-electron chi connectivity index (χ3n) is 5.14. The number of nitriles is 1. The fourth-order valence-corrected chi connectivity index (χ4v) is 3.52. The molecule has 3 rings (SSSR count). The Hall–Kier alpha value is -3.00. The highest BCUT2D eigenvalue weighted by atomic mass is 16.5. The largest absolute Gasteiger partial charge is 0.494 e. The molecule has 1 atom stereocenters. The van der Waals surface area contributed by atoms with Gasteiger partial charge < -0.3 is 14.6 Å². The summed E-state index contributed by atoms with van der Waals surface area (Å²) in [6.07, 6.45) is 4.09. The molecule has 1 heterocycles. The van der Waals surface area contributed by atoms with Crippen molar-refractivity contribution < 1.29 is 9.53 Å². The molecule has 5 nitrogen and oxygen atoms in total. The maximum Gasteiger partial charge on any atom is 0.262 e. The smallest absolute Gasteiger partial charge is 0.262 e. The molecule has 1 aromatic heterocycles. The molecule has 1 aliphatic rings. The second-order valence-corrected chi connectivity index (χ2v) is 7.29. The van der Waals surface area contributed by atoms with Gasteiger partial charge >= 0.3 is 0 Å². The fraction of sp³-hybridized carbons (Fsp3) is 0.391. The fourth-order valence-electron chi connectivity index (χ4n) is 3.52. The van der Waals surface area contributed by atoms with Gasteiger partial charge in [-0.1, -0.05) is 12.1 Å². The topological polar surface area (TPSA) is 67.0 Å². The van der Waals surface area contributed by atoms with Crippen molar-refractivity contribution in [1.82, 2.24) is 9.88 Å². The van der Waals surface area contributed by atoms with Gasteiger partial charge in [0.15, 0.2) is 0 Å². The lowest BCUT2D eigenvalue weighted by Gasteiger charge is -2.14. The first-order chi connectivity index (χ1) is 13.4. The number of ether oxygens (including phenoxy) is 1. The van der Waals surface area contributed by atoms with Gasteiger partial charge in [0.25, 0.3) is 5.91 Å². The van der Waals surface area contributed by atoms with E-state index in [0.717, 1.165) is 22.6 Å². The minimum atomic E-state index is -0.361. The molecule has 1 fully saturated rings. The summed E-state index contributed by atoms with van der Waals surface area (Å²) in [4.78, 5) is 12.6. The average molecular weight is 377 g/mol. The summed E-state index contributed by atoms with van der Waals surface area (Å²) >= 11 is 0. The predicted octanol–water partition coefficient (Wildman–Crippen LogP) is 4.62. The van der Waals surface area contributed by atoms with Crippen LogP contribution in [0, 0.1) is 25.2 Å². The molecule has 1 aromatic carbocycles. The van der Waals surface area contributed by atoms with Crippen molar-refractivity contribution in [2.24, 2.45) is 0 Å². The molecule has 1 amide bonds. The first kappa shape index (κ1) is 19.8. The van der Waals surface area contributed by atoms with E-state index in [1.54, 1.807) is 6.08 Å². The van der Waals surface area contributed by atoms with E-state index in [4.69, 9.17) is 4.74 Å². The van der Waals surface area contributed by atoms with E-state index in [2.05, 4.69) is 22.9 Å². The lowest BCUT2D eigenvalue weighted by Crippen LogP contribution is -2.27. The number of amides is 1. The number of hydrogen-bond acceptors (Lipinski definition) is 3. The molecule has 0 saturated heterocycles. The van der Waals surface area contributed by atoms with Crippen molar-refractivity contribution in [3.63, 3.8) is 0 Å². The molecule has 1 aliphatic carbocycles. The minimum Gasteiger partial charge on any atom is -0.494 e. The first-order valence-electron chi connectivity index (χ1n) is 9.78. The molecule has 146 valence electrons. The Morgan fingerprint density at radius 3 is 2.61 bits per heavy atom. The van der Waals surface area contributed by atoms with Crippen LogP contribution in [0.1, 0.15) is 61.3 Å². The number of rotatable bonds is 7. The molecular weight excluding hydrogens is 350 g/mol. The highest BCUT2D eigenvalue weighted by Gasteiger charge is 2.27. The van der Waals surface area contributed by atoms with E-state index in [-0.39, 0.29) is 17.5 Å². The summed E-state index contributed by atoms with van der Waals surface area (Å²) in [5.41, 5.74) is 4.30. The van der Waals surface area contributed by atoms with Crippen molar-refractivity contribution in [3.8, 4) is 11.8 Å². The zero-order chi connectivity index (χ0) is 20.3. The van der Waals surface area contributed by atoms with Crippen molar-refractivity contribution in [2.45, 2.75) is 52.6 Å². The number of carbonyl (C=O) groups excluding carboxylic acids is 1. The van der Waals surface area contributed by atoms with Gasteiger partial charge in [0, 0.05) is 17.4 Å². The lowest BCUT2D eigenvalue weighted by atomic mass is 10.1. The van der Waals surface area contributed by atoms with Crippen LogP contribution in [0.15, 0.2) is 35.9 Å². The molecule has 2 aromatic rings. The van der Waals surface area contributed by atoms with Gasteiger partial charge in [0.2, 0.25) is 0 Å². The van der Waals surface area contributed by atoms with Crippen molar-refractivity contribution in [2.75, 3.05) is 6.61 Å². The van der Waals surface area contributed by atoms with Crippen molar-refractivity contribution >= 4 is 12.0 Å². The molecule has 1 unspecified atom stereocenters. The summed E-state index contributed by atoms with van der Waals surface area (Å²) in [7, 11) is 0. The van der Waals surface area contributed by atoms with E-state index in [1.165, 1.54) is 18.5 Å². The summed E-state index contributed by atoms with van der Waals surface area (Å²) in [5.74, 6) is 0.438. The van der Waals surface area contributed by atoms with Gasteiger partial charge in [0.05, 0.1) is 12.6 Å². The molecule has 5 heteroatoms. The van der Waals surface area contributed by atoms with Crippen LogP contribution in [0.4, 0.5) is 0 Å². The van der Waals surface area contributed by atoms with Crippen LogP contribution in [0.5, 0.6) is 5.75 Å². The van der Waals surface area contributed by atoms with Gasteiger partial charge in [-0.15, -0.1) is 0 Å². The highest BCUT2D eigenvalue weighted by Crippen LogP contribution is 2.38. The minimum absolute atomic E-state index is 0.119. The molecule has 1 N–H and O–H groups in total. The van der Waals surface area contributed by atoms with Gasteiger partial charge in [-0.25, -0.2) is 0 Å². The van der Waals surface area contributed by atoms with Gasteiger partial charge in [-0.05, 0) is 75.9 Å². The monoisotopic (exact) mass is 377 g/mol. The summed E-state index contributed by atoms with van der Waals surface area (Å²) in [6.45, 7) is 8.58. The Kier molecular flexibility index (Phi) is 5.89. The summed E-state index contributed by atoms with van der Waals surface area (Å²) in [6, 6.07) is 12.1. The number of nitrogens with one attached hydrogen (secondary N) is 1. The van der Waals surface area contributed by atoms with Gasteiger partial charge in [-0.3, -0.25) is 4.79 Å². The van der Waals surface area contributed by atoms with E-state index in [1.807, 2.05) is 51.1 Å². The molecule has 0 aliphatic heterocycles. The normalized spacial score (nSPS) is 15.0. The molecule has 1 saturated carbocycles. The van der Waals surface area contributed by atoms with Crippen LogP contribution in [-0.2, 0) is 4.79 Å². The number of aryl methyl sites for hydroxylation is 1. The van der Waals surface area contributed by atoms with Gasteiger partial charge in [0.1, 0.15) is 17.4 Å². The van der Waals surface area contributed by atoms with Crippen LogP contribution in [0.25, 0.3) is 6.08 Å². The zero-order valence-corrected chi connectivity index (χ0v) is 17.0. The quantitative estimate of drug-likeness (QED) is 0.565. The maximum absolute atomic E-state index is 12.6. The molecule has 28 heavy (non-hydrogen) atoms. The Balaban J connectivity index is 1.74. The molecular formula is C23H27N3O2. The molecule has 0 radical (unpaired) electrons. The zero-order valence-electron chi connectivity index (χ0n) is 17.0. The van der Waals surface area contributed by atoms with E-state index in [9.17, 15) is 10.1 Å². The Morgan fingerprint density at radius 2 is 2.04 bits per heavy atom. The van der Waals surface area contributed by atoms with E-state index < -0.39 is 0 Å². The van der Waals surface area contributed by atoms with Crippen LogP contribution >= 0.6 is 0 Å². The average Bonchev–Trinajstić information content (AvgIpc) is 3.46. The van der Waals surface area contributed by atoms with Crippen LogP contribution < -0.4 is 10.1 Å². The van der Waals surface area contributed by atoms with Crippen LogP contribution in [-0.4, -0.2) is 17.1 Å². The number of hydrogen-bond donors (Lipinski definition) is 1. The number of benzene rings is 1. The standard InChI is InChI=1S/C23H27N3O2/c1-5-28-22-10-6-18(7-11-22)16(3)25-23(27)20(14-24)13-19-12-15(2)26(17(19)4)21-8-9-21/h6-7,10-13,16,21H,5,8-9H2,1-4H3,(H,25,27)/b20-13+. The molecule has 0 bridgehead atoms. The van der Waals surface area contributed by atoms with Crippen molar-refractivity contribution in [3.05, 3.63) is 58.4 Å².